The monoisotopic (exact) mass is 280 g/mol. The number of amides is 1. The number of nitrogens with zero attached hydrogens (tertiary/aromatic N) is 1. The number of carbonyl (C=O) groups excluding carboxylic acids is 1. The van der Waals surface area contributed by atoms with Crippen molar-refractivity contribution in [1.82, 2.24) is 5.32 Å². The highest BCUT2D eigenvalue weighted by molar-refractivity contribution is 6.31. The molecule has 0 saturated carbocycles. The van der Waals surface area contributed by atoms with Gasteiger partial charge in [-0.15, -0.1) is 0 Å². The minimum atomic E-state index is -0.163. The number of rotatable bonds is 1. The van der Waals surface area contributed by atoms with Gasteiger partial charge in [0, 0.05) is 10.7 Å². The van der Waals surface area contributed by atoms with Crippen LogP contribution in [0.3, 0.4) is 0 Å². The van der Waals surface area contributed by atoms with Crippen LogP contribution in [0.15, 0.2) is 18.2 Å². The standard InChI is InChI=1S/C15H21ClN2O/c1-9-6-11(16)8-12(7-9)18-13(19)10(2)17-14(18)15(3,4)5/h6-8,10,14,17H,1-5H3/t10-,14+/m1/s1. The lowest BCUT2D eigenvalue weighted by atomic mass is 9.91. The van der Waals surface area contributed by atoms with Gasteiger partial charge in [0.15, 0.2) is 0 Å². The van der Waals surface area contributed by atoms with Crippen LogP contribution < -0.4 is 10.2 Å². The first-order valence-electron chi connectivity index (χ1n) is 6.56. The van der Waals surface area contributed by atoms with Gasteiger partial charge in [-0.3, -0.25) is 15.0 Å². The Morgan fingerprint density at radius 3 is 2.42 bits per heavy atom. The lowest BCUT2D eigenvalue weighted by molar-refractivity contribution is -0.118. The van der Waals surface area contributed by atoms with Gasteiger partial charge in [0.05, 0.1) is 12.2 Å². The molecule has 1 fully saturated rings. The van der Waals surface area contributed by atoms with Gasteiger partial charge in [0.2, 0.25) is 5.91 Å². The largest absolute Gasteiger partial charge is 0.294 e. The molecule has 0 aliphatic carbocycles. The zero-order valence-electron chi connectivity index (χ0n) is 12.1. The van der Waals surface area contributed by atoms with Gasteiger partial charge in [0.1, 0.15) is 0 Å². The summed E-state index contributed by atoms with van der Waals surface area (Å²) in [6.45, 7) is 10.3. The first-order valence-corrected chi connectivity index (χ1v) is 6.94. The van der Waals surface area contributed by atoms with Crippen molar-refractivity contribution >= 4 is 23.2 Å². The van der Waals surface area contributed by atoms with Crippen molar-refractivity contribution in [3.63, 3.8) is 0 Å². The summed E-state index contributed by atoms with van der Waals surface area (Å²) < 4.78 is 0. The Kier molecular flexibility index (Phi) is 3.63. The molecule has 1 aromatic carbocycles. The van der Waals surface area contributed by atoms with E-state index in [0.29, 0.717) is 5.02 Å². The SMILES string of the molecule is Cc1cc(Cl)cc(N2C(=O)[C@@H](C)N[C@@H]2C(C)(C)C)c1. The molecule has 1 heterocycles. The van der Waals surface area contributed by atoms with E-state index in [1.165, 1.54) is 0 Å². The molecule has 19 heavy (non-hydrogen) atoms. The highest BCUT2D eigenvalue weighted by Crippen LogP contribution is 2.33. The number of benzene rings is 1. The highest BCUT2D eigenvalue weighted by atomic mass is 35.5. The van der Waals surface area contributed by atoms with E-state index in [4.69, 9.17) is 11.6 Å². The van der Waals surface area contributed by atoms with E-state index < -0.39 is 0 Å². The minimum absolute atomic E-state index is 0.0205. The van der Waals surface area contributed by atoms with Gasteiger partial charge in [-0.1, -0.05) is 32.4 Å². The molecule has 0 unspecified atom stereocenters. The summed E-state index contributed by atoms with van der Waals surface area (Å²) in [5.74, 6) is 0.0987. The van der Waals surface area contributed by atoms with Crippen molar-refractivity contribution in [3.05, 3.63) is 28.8 Å². The third-order valence-electron chi connectivity index (χ3n) is 3.40. The van der Waals surface area contributed by atoms with Gasteiger partial charge in [-0.05, 0) is 43.0 Å². The van der Waals surface area contributed by atoms with Crippen LogP contribution in [-0.2, 0) is 4.79 Å². The lowest BCUT2D eigenvalue weighted by Gasteiger charge is -2.34. The molecule has 104 valence electrons. The van der Waals surface area contributed by atoms with E-state index in [-0.39, 0.29) is 23.5 Å². The second-order valence-electron chi connectivity index (χ2n) is 6.35. The van der Waals surface area contributed by atoms with Gasteiger partial charge in [-0.25, -0.2) is 0 Å². The zero-order valence-corrected chi connectivity index (χ0v) is 12.9. The number of nitrogens with one attached hydrogen (secondary N) is 1. The zero-order chi connectivity index (χ0) is 14.4. The molecule has 3 nitrogen and oxygen atoms in total. The molecule has 1 saturated heterocycles. The number of hydrogen-bond donors (Lipinski definition) is 1. The fourth-order valence-corrected chi connectivity index (χ4v) is 2.77. The number of hydrogen-bond acceptors (Lipinski definition) is 2. The van der Waals surface area contributed by atoms with Crippen molar-refractivity contribution in [2.24, 2.45) is 5.41 Å². The number of carbonyl (C=O) groups is 1. The Bertz CT molecular complexity index is 487. The molecule has 2 atom stereocenters. The van der Waals surface area contributed by atoms with E-state index in [1.807, 2.05) is 36.9 Å². The van der Waals surface area contributed by atoms with Crippen LogP contribution in [-0.4, -0.2) is 18.1 Å². The smallest absolute Gasteiger partial charge is 0.245 e. The summed E-state index contributed by atoms with van der Waals surface area (Å²) in [6.07, 6.45) is -0.0205. The summed E-state index contributed by atoms with van der Waals surface area (Å²) in [5, 5.41) is 4.03. The first-order chi connectivity index (χ1) is 8.70. The van der Waals surface area contributed by atoms with Crippen molar-refractivity contribution in [2.75, 3.05) is 4.90 Å². The van der Waals surface area contributed by atoms with Crippen molar-refractivity contribution in [2.45, 2.75) is 46.8 Å². The molecule has 4 heteroatoms. The maximum atomic E-state index is 12.4. The molecule has 2 rings (SSSR count). The van der Waals surface area contributed by atoms with Gasteiger partial charge >= 0.3 is 0 Å². The Hall–Kier alpha value is -1.06. The maximum absolute atomic E-state index is 12.4. The number of aryl methyl sites for hydroxylation is 1. The summed E-state index contributed by atoms with van der Waals surface area (Å²) in [6, 6.07) is 5.59. The molecule has 1 amide bonds. The summed E-state index contributed by atoms with van der Waals surface area (Å²) in [4.78, 5) is 14.2. The van der Waals surface area contributed by atoms with E-state index in [9.17, 15) is 4.79 Å². The Labute approximate surface area is 119 Å². The normalized spacial score (nSPS) is 24.1. The van der Waals surface area contributed by atoms with Crippen LogP contribution >= 0.6 is 11.6 Å². The molecule has 0 aromatic heterocycles. The fraction of sp³-hybridized carbons (Fsp3) is 0.533. The molecule has 1 aliphatic rings. The van der Waals surface area contributed by atoms with Crippen LogP contribution in [0.4, 0.5) is 5.69 Å². The van der Waals surface area contributed by atoms with E-state index in [1.54, 1.807) is 0 Å². The minimum Gasteiger partial charge on any atom is -0.294 e. The van der Waals surface area contributed by atoms with Crippen molar-refractivity contribution < 1.29 is 4.79 Å². The molecule has 1 N–H and O–H groups in total. The third kappa shape index (κ3) is 2.77. The Morgan fingerprint density at radius 1 is 1.26 bits per heavy atom. The van der Waals surface area contributed by atoms with Crippen molar-refractivity contribution in [1.29, 1.82) is 0 Å². The number of anilines is 1. The lowest BCUT2D eigenvalue weighted by Crippen LogP contribution is -2.47. The van der Waals surface area contributed by atoms with E-state index in [2.05, 4.69) is 26.1 Å². The highest BCUT2D eigenvalue weighted by Gasteiger charge is 2.43. The molecule has 1 aliphatic heterocycles. The van der Waals surface area contributed by atoms with Crippen molar-refractivity contribution in [3.8, 4) is 0 Å². The molecular weight excluding hydrogens is 260 g/mol. The van der Waals surface area contributed by atoms with Gasteiger partial charge in [-0.2, -0.15) is 0 Å². The van der Waals surface area contributed by atoms with E-state index >= 15 is 0 Å². The van der Waals surface area contributed by atoms with Gasteiger partial charge in [0.25, 0.3) is 0 Å². The quantitative estimate of drug-likeness (QED) is 0.856. The average molecular weight is 281 g/mol. The maximum Gasteiger partial charge on any atom is 0.245 e. The molecule has 0 spiro atoms. The van der Waals surface area contributed by atoms with Gasteiger partial charge < -0.3 is 0 Å². The molecule has 0 bridgehead atoms. The average Bonchev–Trinajstić information content (AvgIpc) is 2.53. The second kappa shape index (κ2) is 4.80. The Morgan fingerprint density at radius 2 is 1.89 bits per heavy atom. The van der Waals surface area contributed by atoms with Crippen LogP contribution in [0.5, 0.6) is 0 Å². The number of halogens is 1. The predicted molar refractivity (Wildman–Crippen MR) is 79.5 cm³/mol. The fourth-order valence-electron chi connectivity index (χ4n) is 2.49. The predicted octanol–water partition coefficient (Wildman–Crippen LogP) is 3.35. The van der Waals surface area contributed by atoms with E-state index in [0.717, 1.165) is 11.3 Å². The van der Waals surface area contributed by atoms with Crippen LogP contribution in [0, 0.1) is 12.3 Å². The molecule has 0 radical (unpaired) electrons. The summed E-state index contributed by atoms with van der Waals surface area (Å²) in [7, 11) is 0. The van der Waals surface area contributed by atoms with Crippen LogP contribution in [0.2, 0.25) is 5.02 Å². The van der Waals surface area contributed by atoms with Crippen LogP contribution in [0.25, 0.3) is 0 Å². The first kappa shape index (κ1) is 14.4. The summed E-state index contributed by atoms with van der Waals surface area (Å²) >= 11 is 6.12. The topological polar surface area (TPSA) is 32.3 Å². The second-order valence-corrected chi connectivity index (χ2v) is 6.79. The molecule has 1 aromatic rings. The summed E-state index contributed by atoms with van der Waals surface area (Å²) in [5.41, 5.74) is 1.88. The Balaban J connectivity index is 2.47. The third-order valence-corrected chi connectivity index (χ3v) is 3.62. The molecular formula is C15H21ClN2O. The van der Waals surface area contributed by atoms with Crippen LogP contribution in [0.1, 0.15) is 33.3 Å².